The topological polar surface area (TPSA) is 77.2 Å². The first-order chi connectivity index (χ1) is 13.5. The van der Waals surface area contributed by atoms with Crippen molar-refractivity contribution in [1.82, 2.24) is 15.0 Å². The first kappa shape index (κ1) is 18.9. The summed E-state index contributed by atoms with van der Waals surface area (Å²) in [5.41, 5.74) is 2.61. The lowest BCUT2D eigenvalue weighted by Crippen LogP contribution is -2.19. The standard InChI is InChI=1S/C20H13BrIN3O3/c21-13-7-5-12(6-8-13)19(20(26)27)28-18-10-9-14(22)11-17(18)25-23-15-3-1-2-4-16(15)24-25/h1-11,19H,(H,26,27). The molecule has 1 N–H and O–H groups in total. The number of hydrogen-bond donors (Lipinski definition) is 1. The molecule has 140 valence electrons. The zero-order valence-corrected chi connectivity index (χ0v) is 18.0. The number of nitrogens with zero attached hydrogens (tertiary/aromatic N) is 3. The van der Waals surface area contributed by atoms with Crippen molar-refractivity contribution in [3.05, 3.63) is 80.3 Å². The second kappa shape index (κ2) is 7.88. The van der Waals surface area contributed by atoms with Gasteiger partial charge in [-0.25, -0.2) is 4.79 Å². The maximum Gasteiger partial charge on any atom is 0.349 e. The Morgan fingerprint density at radius 2 is 1.68 bits per heavy atom. The highest BCUT2D eigenvalue weighted by Crippen LogP contribution is 2.30. The van der Waals surface area contributed by atoms with Crippen molar-refractivity contribution >= 4 is 55.5 Å². The lowest BCUT2D eigenvalue weighted by molar-refractivity contribution is -0.145. The van der Waals surface area contributed by atoms with E-state index < -0.39 is 12.1 Å². The molecular weight excluding hydrogens is 537 g/mol. The Hall–Kier alpha value is -2.46. The van der Waals surface area contributed by atoms with Crippen molar-refractivity contribution in [2.24, 2.45) is 0 Å². The summed E-state index contributed by atoms with van der Waals surface area (Å²) in [6, 6.07) is 20.0. The number of carboxylic acids is 1. The Morgan fingerprint density at radius 1 is 1.04 bits per heavy atom. The molecule has 0 amide bonds. The third kappa shape index (κ3) is 3.88. The number of fused-ring (bicyclic) bond motifs is 1. The van der Waals surface area contributed by atoms with Crippen LogP contribution in [0.4, 0.5) is 0 Å². The van der Waals surface area contributed by atoms with Crippen LogP contribution in [0.3, 0.4) is 0 Å². The molecule has 0 aliphatic heterocycles. The van der Waals surface area contributed by atoms with Crippen molar-refractivity contribution in [1.29, 1.82) is 0 Å². The zero-order valence-electron chi connectivity index (χ0n) is 14.3. The van der Waals surface area contributed by atoms with Crippen LogP contribution in [0, 0.1) is 3.57 Å². The number of ether oxygens (including phenoxy) is 1. The van der Waals surface area contributed by atoms with Crippen LogP contribution in [0.25, 0.3) is 16.7 Å². The van der Waals surface area contributed by atoms with E-state index >= 15 is 0 Å². The summed E-state index contributed by atoms with van der Waals surface area (Å²) in [7, 11) is 0. The molecule has 8 heteroatoms. The maximum absolute atomic E-state index is 11.9. The highest BCUT2D eigenvalue weighted by Gasteiger charge is 2.24. The first-order valence-electron chi connectivity index (χ1n) is 8.28. The number of aliphatic carboxylic acids is 1. The van der Waals surface area contributed by atoms with Gasteiger partial charge in [-0.05, 0) is 65.1 Å². The highest BCUT2D eigenvalue weighted by molar-refractivity contribution is 14.1. The normalized spacial score (nSPS) is 12.1. The lowest BCUT2D eigenvalue weighted by Gasteiger charge is -2.18. The zero-order chi connectivity index (χ0) is 19.7. The molecule has 0 saturated heterocycles. The van der Waals surface area contributed by atoms with Crippen molar-refractivity contribution in [2.75, 3.05) is 0 Å². The number of carboxylic acid groups (broad SMARTS) is 1. The molecule has 1 heterocycles. The molecule has 1 atom stereocenters. The summed E-state index contributed by atoms with van der Waals surface area (Å²) in [4.78, 5) is 13.3. The quantitative estimate of drug-likeness (QED) is 0.355. The van der Waals surface area contributed by atoms with Crippen molar-refractivity contribution in [3.8, 4) is 11.4 Å². The molecule has 0 aliphatic rings. The van der Waals surface area contributed by atoms with Crippen molar-refractivity contribution in [3.63, 3.8) is 0 Å². The molecule has 1 unspecified atom stereocenters. The van der Waals surface area contributed by atoms with Gasteiger partial charge in [0.1, 0.15) is 22.5 Å². The average molecular weight is 550 g/mol. The van der Waals surface area contributed by atoms with Crippen LogP contribution in [-0.2, 0) is 4.79 Å². The summed E-state index contributed by atoms with van der Waals surface area (Å²) in [5, 5.41) is 18.7. The summed E-state index contributed by atoms with van der Waals surface area (Å²) >= 11 is 5.54. The molecule has 0 fully saturated rings. The van der Waals surface area contributed by atoms with E-state index in [9.17, 15) is 9.90 Å². The summed E-state index contributed by atoms with van der Waals surface area (Å²) in [6.07, 6.45) is -1.16. The monoisotopic (exact) mass is 549 g/mol. The molecule has 4 aromatic rings. The van der Waals surface area contributed by atoms with Gasteiger partial charge in [0.15, 0.2) is 0 Å². The van der Waals surface area contributed by atoms with E-state index in [-0.39, 0.29) is 0 Å². The number of benzene rings is 3. The number of halogens is 2. The molecule has 4 rings (SSSR count). The van der Waals surface area contributed by atoms with Gasteiger partial charge < -0.3 is 9.84 Å². The van der Waals surface area contributed by atoms with E-state index in [4.69, 9.17) is 4.74 Å². The summed E-state index contributed by atoms with van der Waals surface area (Å²) in [6.45, 7) is 0. The number of rotatable bonds is 5. The molecule has 0 spiro atoms. The molecule has 0 radical (unpaired) electrons. The van der Waals surface area contributed by atoms with Crippen molar-refractivity contribution in [2.45, 2.75) is 6.10 Å². The van der Waals surface area contributed by atoms with Crippen LogP contribution in [-0.4, -0.2) is 26.1 Å². The van der Waals surface area contributed by atoms with Gasteiger partial charge in [0.05, 0.1) is 0 Å². The third-order valence-corrected chi connectivity index (χ3v) is 5.26. The molecule has 0 saturated carbocycles. The van der Waals surface area contributed by atoms with Crippen LogP contribution in [0.15, 0.2) is 71.2 Å². The van der Waals surface area contributed by atoms with Crippen LogP contribution in [0.1, 0.15) is 11.7 Å². The van der Waals surface area contributed by atoms with E-state index in [0.717, 1.165) is 19.1 Å². The maximum atomic E-state index is 11.9. The number of hydrogen-bond acceptors (Lipinski definition) is 4. The second-order valence-corrected chi connectivity index (χ2v) is 8.14. The smallest absolute Gasteiger partial charge is 0.349 e. The van der Waals surface area contributed by atoms with E-state index in [1.54, 1.807) is 30.3 Å². The highest BCUT2D eigenvalue weighted by atomic mass is 127. The van der Waals surface area contributed by atoms with Gasteiger partial charge in [-0.3, -0.25) is 0 Å². The predicted molar refractivity (Wildman–Crippen MR) is 117 cm³/mol. The van der Waals surface area contributed by atoms with Gasteiger partial charge in [-0.15, -0.1) is 15.0 Å². The minimum atomic E-state index is -1.16. The fourth-order valence-electron chi connectivity index (χ4n) is 2.74. The SMILES string of the molecule is O=C(O)C(Oc1ccc(I)cc1-n1nc2ccccc2n1)c1ccc(Br)cc1. The lowest BCUT2D eigenvalue weighted by atomic mass is 10.1. The Kier molecular flexibility index (Phi) is 5.31. The molecule has 28 heavy (non-hydrogen) atoms. The molecule has 6 nitrogen and oxygen atoms in total. The van der Waals surface area contributed by atoms with Crippen molar-refractivity contribution < 1.29 is 14.6 Å². The average Bonchev–Trinajstić information content (AvgIpc) is 3.11. The Morgan fingerprint density at radius 3 is 2.29 bits per heavy atom. The van der Waals surface area contributed by atoms with Crippen LogP contribution < -0.4 is 4.74 Å². The third-order valence-electron chi connectivity index (χ3n) is 4.06. The van der Waals surface area contributed by atoms with Gasteiger partial charge >= 0.3 is 5.97 Å². The predicted octanol–water partition coefficient (Wildman–Crippen LogP) is 4.99. The Bertz CT molecular complexity index is 1130. The van der Waals surface area contributed by atoms with E-state index in [0.29, 0.717) is 17.0 Å². The molecule has 3 aromatic carbocycles. The van der Waals surface area contributed by atoms with Gasteiger partial charge in [-0.2, -0.15) is 0 Å². The molecule has 0 bridgehead atoms. The fraction of sp³-hybridized carbons (Fsp3) is 0.0500. The Balaban J connectivity index is 1.77. The summed E-state index contributed by atoms with van der Waals surface area (Å²) in [5.74, 6) is -0.693. The number of aromatic nitrogens is 3. The van der Waals surface area contributed by atoms with Gasteiger partial charge in [0.25, 0.3) is 0 Å². The molecule has 0 aliphatic carbocycles. The van der Waals surface area contributed by atoms with Crippen LogP contribution >= 0.6 is 38.5 Å². The van der Waals surface area contributed by atoms with Gasteiger partial charge in [0.2, 0.25) is 6.10 Å². The minimum absolute atomic E-state index is 0.385. The first-order valence-corrected chi connectivity index (χ1v) is 10.2. The minimum Gasteiger partial charge on any atom is -0.478 e. The van der Waals surface area contributed by atoms with E-state index in [2.05, 4.69) is 48.7 Å². The van der Waals surface area contributed by atoms with Gasteiger partial charge in [0, 0.05) is 13.6 Å². The Labute approximate surface area is 182 Å². The molecular formula is C20H13BrIN3O3. The fourth-order valence-corrected chi connectivity index (χ4v) is 3.48. The number of carbonyl (C=O) groups is 1. The van der Waals surface area contributed by atoms with E-state index in [1.165, 1.54) is 4.80 Å². The molecule has 1 aromatic heterocycles. The largest absolute Gasteiger partial charge is 0.478 e. The van der Waals surface area contributed by atoms with Gasteiger partial charge in [-0.1, -0.05) is 40.2 Å². The van der Waals surface area contributed by atoms with E-state index in [1.807, 2.05) is 36.4 Å². The van der Waals surface area contributed by atoms with Crippen LogP contribution in [0.2, 0.25) is 0 Å². The van der Waals surface area contributed by atoms with Crippen LogP contribution in [0.5, 0.6) is 5.75 Å². The summed E-state index contributed by atoms with van der Waals surface area (Å²) < 4.78 is 7.74. The second-order valence-electron chi connectivity index (χ2n) is 5.98.